The van der Waals surface area contributed by atoms with Crippen LogP contribution in [0, 0.1) is 0 Å². The van der Waals surface area contributed by atoms with Gasteiger partial charge in [0.1, 0.15) is 11.3 Å². The van der Waals surface area contributed by atoms with E-state index in [9.17, 15) is 0 Å². The van der Waals surface area contributed by atoms with Gasteiger partial charge in [-0.2, -0.15) is 0 Å². The van der Waals surface area contributed by atoms with Gasteiger partial charge in [-0.1, -0.05) is 84.9 Å². The Kier molecular flexibility index (Phi) is 4.06. The summed E-state index contributed by atoms with van der Waals surface area (Å²) in [5.74, 6) is 2.21. The number of rotatable bonds is 2. The highest BCUT2D eigenvalue weighted by Gasteiger charge is 2.46. The summed E-state index contributed by atoms with van der Waals surface area (Å²) < 4.78 is 21.8. The number of nitrogens with zero attached hydrogens (tertiary/aromatic N) is 1. The van der Waals surface area contributed by atoms with Gasteiger partial charge >= 0.3 is 12.4 Å². The van der Waals surface area contributed by atoms with Crippen molar-refractivity contribution in [1.29, 1.82) is 0 Å². The second-order valence-corrected chi connectivity index (χ2v) is 7.80. The maximum Gasteiger partial charge on any atom is 0.468 e. The molecule has 5 heteroatoms. The Morgan fingerprint density at radius 3 is 1.90 bits per heavy atom. The molecule has 0 fully saturated rings. The zero-order valence-corrected chi connectivity index (χ0v) is 16.8. The van der Waals surface area contributed by atoms with E-state index in [1.54, 1.807) is 0 Å². The molecule has 4 aromatic carbocycles. The lowest BCUT2D eigenvalue weighted by atomic mass is 9.46. The van der Waals surface area contributed by atoms with Crippen LogP contribution in [-0.2, 0) is 11.3 Å². The summed E-state index contributed by atoms with van der Waals surface area (Å²) in [7, 11) is 0. The molecular formula is C26H20BNO3. The monoisotopic (exact) mass is 405 g/mol. The largest absolute Gasteiger partial charge is 0.672 e. The van der Waals surface area contributed by atoms with Crippen LogP contribution in [-0.4, -0.2) is 17.2 Å². The van der Waals surface area contributed by atoms with Crippen molar-refractivity contribution >= 4 is 23.4 Å². The lowest BCUT2D eigenvalue weighted by molar-refractivity contribution is -0.771. The Morgan fingerprint density at radius 1 is 0.613 bits per heavy atom. The van der Waals surface area contributed by atoms with E-state index in [1.807, 2.05) is 83.6 Å². The molecule has 0 saturated carbocycles. The number of para-hydroxylation sites is 2. The first kappa shape index (κ1) is 17.8. The van der Waals surface area contributed by atoms with Crippen molar-refractivity contribution in [1.82, 2.24) is 0 Å². The molecule has 150 valence electrons. The van der Waals surface area contributed by atoms with Crippen molar-refractivity contribution < 1.29 is 18.9 Å². The normalized spacial score (nSPS) is 15.9. The van der Waals surface area contributed by atoms with Crippen LogP contribution < -0.4 is 20.3 Å². The standard InChI is InChI=1S/C26H20BNO3/c1-3-12-21(13-4-1)27(22-14-5-2-6-15-22)30-25-18-10-8-16-23(25)26-28(31-27)19-20-11-7-9-17-24(20)29-26/h1-18H,19H2. The smallest absolute Gasteiger partial charge is 0.468 e. The fourth-order valence-corrected chi connectivity index (χ4v) is 4.38. The van der Waals surface area contributed by atoms with Crippen LogP contribution >= 0.6 is 0 Å². The van der Waals surface area contributed by atoms with Crippen LogP contribution in [0.4, 0.5) is 0 Å². The lowest BCUT2D eigenvalue weighted by Gasteiger charge is -2.38. The van der Waals surface area contributed by atoms with Crippen molar-refractivity contribution in [3.63, 3.8) is 0 Å². The summed E-state index contributed by atoms with van der Waals surface area (Å²) in [4.78, 5) is 0. The zero-order chi connectivity index (χ0) is 20.7. The molecular weight excluding hydrogens is 385 g/mol. The minimum Gasteiger partial charge on any atom is -0.672 e. The molecule has 2 aliphatic heterocycles. The summed E-state index contributed by atoms with van der Waals surface area (Å²) >= 11 is 0. The minimum absolute atomic E-state index is 0.562. The summed E-state index contributed by atoms with van der Waals surface area (Å²) in [6.07, 6.45) is 0. The molecule has 0 amide bonds. The molecule has 2 heterocycles. The van der Waals surface area contributed by atoms with Gasteiger partial charge in [-0.15, -0.1) is 10.9 Å². The van der Waals surface area contributed by atoms with Crippen LogP contribution in [0.15, 0.2) is 109 Å². The number of hydrogen-bond acceptors (Lipinski definition) is 3. The zero-order valence-electron chi connectivity index (χ0n) is 16.8. The predicted octanol–water partition coefficient (Wildman–Crippen LogP) is 3.62. The maximum atomic E-state index is 6.83. The number of hydroxylamine groups is 1. The lowest BCUT2D eigenvalue weighted by Crippen LogP contribution is -2.67. The molecule has 0 unspecified atom stereocenters. The van der Waals surface area contributed by atoms with Gasteiger partial charge in [0.05, 0.1) is 11.3 Å². The van der Waals surface area contributed by atoms with Crippen LogP contribution in [0.1, 0.15) is 11.1 Å². The molecule has 0 bridgehead atoms. The molecule has 2 aliphatic rings. The van der Waals surface area contributed by atoms with Gasteiger partial charge in [-0.05, 0) is 29.0 Å². The molecule has 31 heavy (non-hydrogen) atoms. The minimum atomic E-state index is -2.06. The molecule has 0 radical (unpaired) electrons. The topological polar surface area (TPSA) is 30.7 Å². The molecule has 0 N–H and O–H groups in total. The number of ether oxygens (including phenoxy) is 1. The summed E-state index contributed by atoms with van der Waals surface area (Å²) in [6.45, 7) is -1.50. The highest BCUT2D eigenvalue weighted by molar-refractivity contribution is 6.93. The Bertz CT molecular complexity index is 1250. The highest BCUT2D eigenvalue weighted by Crippen LogP contribution is 2.32. The van der Waals surface area contributed by atoms with Crippen LogP contribution in [0.3, 0.4) is 0 Å². The fraction of sp³-hybridized carbons (Fsp3) is 0.0385. The van der Waals surface area contributed by atoms with Crippen LogP contribution in [0.5, 0.6) is 11.5 Å². The molecule has 6 rings (SSSR count). The van der Waals surface area contributed by atoms with Gasteiger partial charge in [-0.25, -0.2) is 0 Å². The van der Waals surface area contributed by atoms with E-state index in [1.165, 1.54) is 0 Å². The Hall–Kier alpha value is -3.99. The molecule has 0 atom stereocenters. The van der Waals surface area contributed by atoms with Gasteiger partial charge in [0.15, 0.2) is 0 Å². The van der Waals surface area contributed by atoms with Crippen molar-refractivity contribution in [2.24, 2.45) is 0 Å². The van der Waals surface area contributed by atoms with E-state index in [0.717, 1.165) is 33.6 Å². The SMILES string of the molecule is c1ccc([B-]2(c3ccccc3)Oc3ccccc3C3=[N+](Cc4ccccc4O3)O2)cc1. The van der Waals surface area contributed by atoms with Crippen LogP contribution in [0.2, 0.25) is 0 Å². The third kappa shape index (κ3) is 2.89. The predicted molar refractivity (Wildman–Crippen MR) is 121 cm³/mol. The molecule has 0 spiro atoms. The third-order valence-electron chi connectivity index (χ3n) is 5.88. The van der Waals surface area contributed by atoms with E-state index in [0.29, 0.717) is 12.4 Å². The Morgan fingerprint density at radius 2 is 1.19 bits per heavy atom. The average Bonchev–Trinajstić information content (AvgIpc) is 2.99. The molecule has 0 aliphatic carbocycles. The van der Waals surface area contributed by atoms with E-state index < -0.39 is 6.55 Å². The summed E-state index contributed by atoms with van der Waals surface area (Å²) in [5.41, 5.74) is 3.86. The van der Waals surface area contributed by atoms with E-state index >= 15 is 0 Å². The number of fused-ring (bicyclic) bond motifs is 3. The molecule has 4 aromatic rings. The van der Waals surface area contributed by atoms with Crippen molar-refractivity contribution in [2.75, 3.05) is 0 Å². The summed E-state index contributed by atoms with van der Waals surface area (Å²) in [5, 5.41) is 0. The number of benzene rings is 4. The number of hydrogen-bond donors (Lipinski definition) is 0. The van der Waals surface area contributed by atoms with Crippen molar-refractivity contribution in [2.45, 2.75) is 6.54 Å². The quantitative estimate of drug-likeness (QED) is 0.377. The van der Waals surface area contributed by atoms with Crippen LogP contribution in [0.25, 0.3) is 0 Å². The Labute approximate surface area is 180 Å². The van der Waals surface area contributed by atoms with Gasteiger partial charge in [0.25, 0.3) is 0 Å². The maximum absolute atomic E-state index is 6.83. The second-order valence-electron chi connectivity index (χ2n) is 7.80. The molecule has 0 saturated heterocycles. The first-order valence-electron chi connectivity index (χ1n) is 10.5. The van der Waals surface area contributed by atoms with Gasteiger partial charge in [0.2, 0.25) is 6.54 Å². The average molecular weight is 405 g/mol. The van der Waals surface area contributed by atoms with Crippen molar-refractivity contribution in [3.05, 3.63) is 120 Å². The first-order chi connectivity index (χ1) is 15.3. The van der Waals surface area contributed by atoms with Crippen molar-refractivity contribution in [3.8, 4) is 11.5 Å². The second kappa shape index (κ2) is 7.06. The van der Waals surface area contributed by atoms with Gasteiger partial charge in [0, 0.05) is 0 Å². The summed E-state index contributed by atoms with van der Waals surface area (Å²) in [6, 6.07) is 36.3. The van der Waals surface area contributed by atoms with E-state index in [2.05, 4.69) is 30.3 Å². The van der Waals surface area contributed by atoms with Gasteiger partial charge < -0.3 is 14.1 Å². The van der Waals surface area contributed by atoms with Gasteiger partial charge in [-0.3, -0.25) is 0 Å². The molecule has 4 nitrogen and oxygen atoms in total. The third-order valence-corrected chi connectivity index (χ3v) is 5.88. The Balaban J connectivity index is 1.61. The first-order valence-corrected chi connectivity index (χ1v) is 10.5. The van der Waals surface area contributed by atoms with E-state index in [4.69, 9.17) is 14.1 Å². The molecule has 0 aromatic heterocycles. The fourth-order valence-electron chi connectivity index (χ4n) is 4.38. The van der Waals surface area contributed by atoms with E-state index in [-0.39, 0.29) is 0 Å². The highest BCUT2D eigenvalue weighted by atomic mass is 16.7.